The molecule has 0 radical (unpaired) electrons. The number of ether oxygens (including phenoxy) is 1. The van der Waals surface area contributed by atoms with Crippen LogP contribution in [-0.2, 0) is 4.74 Å². The predicted molar refractivity (Wildman–Crippen MR) is 98.4 cm³/mol. The number of morpholine rings is 1. The van der Waals surface area contributed by atoms with E-state index >= 15 is 0 Å². The summed E-state index contributed by atoms with van der Waals surface area (Å²) < 4.78 is 7.76. The summed E-state index contributed by atoms with van der Waals surface area (Å²) in [5.74, 6) is 0.934. The molecule has 0 N–H and O–H groups in total. The van der Waals surface area contributed by atoms with Gasteiger partial charge in [0.2, 0.25) is 0 Å². The lowest BCUT2D eigenvalue weighted by molar-refractivity contribution is -0.00537. The molecule has 25 heavy (non-hydrogen) atoms. The highest BCUT2D eigenvalue weighted by molar-refractivity contribution is 5.87. The molecule has 0 bridgehead atoms. The van der Waals surface area contributed by atoms with Crippen LogP contribution in [0.25, 0.3) is 16.7 Å². The van der Waals surface area contributed by atoms with Crippen LogP contribution in [0.3, 0.4) is 0 Å². The van der Waals surface area contributed by atoms with Crippen LogP contribution in [0.4, 0.5) is 5.82 Å². The zero-order chi connectivity index (χ0) is 17.6. The number of hydrogen-bond donors (Lipinski definition) is 0. The van der Waals surface area contributed by atoms with Crippen LogP contribution in [0, 0.1) is 13.8 Å². The third-order valence-corrected chi connectivity index (χ3v) is 4.66. The van der Waals surface area contributed by atoms with E-state index in [0.717, 1.165) is 35.6 Å². The van der Waals surface area contributed by atoms with Crippen LogP contribution >= 0.6 is 0 Å². The topological polar surface area (TPSA) is 56.1 Å². The molecule has 1 aromatic carbocycles. The van der Waals surface area contributed by atoms with E-state index in [0.29, 0.717) is 0 Å². The van der Waals surface area contributed by atoms with Gasteiger partial charge in [-0.05, 0) is 44.9 Å². The average Bonchev–Trinajstić information content (AvgIpc) is 3.00. The number of anilines is 1. The van der Waals surface area contributed by atoms with Gasteiger partial charge >= 0.3 is 0 Å². The van der Waals surface area contributed by atoms with E-state index in [1.165, 1.54) is 11.1 Å². The molecule has 2 atom stereocenters. The largest absolute Gasteiger partial charge is 0.372 e. The van der Waals surface area contributed by atoms with Crippen LogP contribution in [-0.4, -0.2) is 45.0 Å². The Balaban J connectivity index is 1.82. The second kappa shape index (κ2) is 6.11. The van der Waals surface area contributed by atoms with Crippen molar-refractivity contribution in [3.05, 3.63) is 41.9 Å². The SMILES string of the molecule is Cc1ccc(C)c(-n2ncc3c(N4CC(C)OC(C)C4)ncnc32)c1. The maximum Gasteiger partial charge on any atom is 0.168 e. The Bertz CT molecular complexity index is 909. The predicted octanol–water partition coefficient (Wildman–Crippen LogP) is 3.05. The highest BCUT2D eigenvalue weighted by Gasteiger charge is 2.25. The standard InChI is InChI=1S/C19H23N5O/c1-12-5-6-13(2)17(7-12)24-19-16(8-22-24)18(20-11-21-19)23-9-14(3)25-15(4)10-23/h5-8,11,14-15H,9-10H2,1-4H3. The Morgan fingerprint density at radius 3 is 2.60 bits per heavy atom. The summed E-state index contributed by atoms with van der Waals surface area (Å²) in [6.07, 6.45) is 3.87. The average molecular weight is 337 g/mol. The molecule has 0 aliphatic carbocycles. The summed E-state index contributed by atoms with van der Waals surface area (Å²) >= 11 is 0. The summed E-state index contributed by atoms with van der Waals surface area (Å²) in [5.41, 5.74) is 4.27. The van der Waals surface area contributed by atoms with Gasteiger partial charge in [-0.3, -0.25) is 0 Å². The van der Waals surface area contributed by atoms with Crippen molar-refractivity contribution >= 4 is 16.9 Å². The molecule has 0 spiro atoms. The molecule has 3 heterocycles. The molecule has 0 saturated carbocycles. The van der Waals surface area contributed by atoms with Gasteiger partial charge in [0.05, 0.1) is 29.5 Å². The fraction of sp³-hybridized carbons (Fsp3) is 0.421. The molecular weight excluding hydrogens is 314 g/mol. The van der Waals surface area contributed by atoms with E-state index in [9.17, 15) is 0 Å². The Morgan fingerprint density at radius 2 is 1.84 bits per heavy atom. The normalized spacial score (nSPS) is 21.0. The highest BCUT2D eigenvalue weighted by atomic mass is 16.5. The Hall–Kier alpha value is -2.47. The summed E-state index contributed by atoms with van der Waals surface area (Å²) in [5, 5.41) is 5.59. The number of benzene rings is 1. The molecule has 1 aliphatic rings. The van der Waals surface area contributed by atoms with Crippen LogP contribution in [0.1, 0.15) is 25.0 Å². The van der Waals surface area contributed by atoms with Crippen LogP contribution in [0.15, 0.2) is 30.7 Å². The van der Waals surface area contributed by atoms with Crippen molar-refractivity contribution in [1.29, 1.82) is 0 Å². The number of fused-ring (bicyclic) bond motifs is 1. The van der Waals surface area contributed by atoms with Crippen molar-refractivity contribution in [2.45, 2.75) is 39.9 Å². The van der Waals surface area contributed by atoms with E-state index in [1.54, 1.807) is 6.33 Å². The molecule has 2 unspecified atom stereocenters. The van der Waals surface area contributed by atoms with Gasteiger partial charge in [0.15, 0.2) is 5.65 Å². The Morgan fingerprint density at radius 1 is 1.08 bits per heavy atom. The van der Waals surface area contributed by atoms with E-state index in [2.05, 4.69) is 65.9 Å². The molecule has 1 saturated heterocycles. The minimum Gasteiger partial charge on any atom is -0.372 e. The van der Waals surface area contributed by atoms with Crippen LogP contribution in [0.2, 0.25) is 0 Å². The molecule has 1 fully saturated rings. The van der Waals surface area contributed by atoms with Gasteiger partial charge in [-0.1, -0.05) is 12.1 Å². The van der Waals surface area contributed by atoms with Crippen molar-refractivity contribution < 1.29 is 4.74 Å². The monoisotopic (exact) mass is 337 g/mol. The number of nitrogens with zero attached hydrogens (tertiary/aromatic N) is 5. The summed E-state index contributed by atoms with van der Waals surface area (Å²) in [7, 11) is 0. The first-order valence-corrected chi connectivity index (χ1v) is 8.69. The number of aromatic nitrogens is 4. The van der Waals surface area contributed by atoms with Crippen LogP contribution < -0.4 is 4.90 Å². The van der Waals surface area contributed by atoms with Crippen molar-refractivity contribution in [1.82, 2.24) is 19.7 Å². The minimum atomic E-state index is 0.183. The fourth-order valence-corrected chi connectivity index (χ4v) is 3.56. The van der Waals surface area contributed by atoms with Crippen molar-refractivity contribution in [2.75, 3.05) is 18.0 Å². The third kappa shape index (κ3) is 2.87. The van der Waals surface area contributed by atoms with Crippen molar-refractivity contribution in [2.24, 2.45) is 0 Å². The van der Waals surface area contributed by atoms with Crippen molar-refractivity contribution in [3.63, 3.8) is 0 Å². The molecule has 0 amide bonds. The highest BCUT2D eigenvalue weighted by Crippen LogP contribution is 2.28. The first kappa shape index (κ1) is 16.0. The molecule has 3 aromatic rings. The molecule has 6 nitrogen and oxygen atoms in total. The molecule has 2 aromatic heterocycles. The number of rotatable bonds is 2. The Labute approximate surface area is 147 Å². The van der Waals surface area contributed by atoms with Gasteiger partial charge in [-0.15, -0.1) is 0 Å². The molecule has 1 aliphatic heterocycles. The first-order valence-electron chi connectivity index (χ1n) is 8.69. The van der Waals surface area contributed by atoms with E-state index in [1.807, 2.05) is 10.9 Å². The van der Waals surface area contributed by atoms with E-state index in [-0.39, 0.29) is 12.2 Å². The smallest absolute Gasteiger partial charge is 0.168 e. The molecule has 6 heteroatoms. The van der Waals surface area contributed by atoms with E-state index < -0.39 is 0 Å². The zero-order valence-electron chi connectivity index (χ0n) is 15.1. The first-order chi connectivity index (χ1) is 12.0. The molecular formula is C19H23N5O. The maximum absolute atomic E-state index is 5.85. The fourth-order valence-electron chi connectivity index (χ4n) is 3.56. The van der Waals surface area contributed by atoms with Gasteiger partial charge in [-0.2, -0.15) is 5.10 Å². The zero-order valence-corrected chi connectivity index (χ0v) is 15.1. The summed E-state index contributed by atoms with van der Waals surface area (Å²) in [6.45, 7) is 10.0. The number of aryl methyl sites for hydroxylation is 2. The summed E-state index contributed by atoms with van der Waals surface area (Å²) in [6, 6.07) is 6.37. The van der Waals surface area contributed by atoms with Crippen molar-refractivity contribution in [3.8, 4) is 5.69 Å². The summed E-state index contributed by atoms with van der Waals surface area (Å²) in [4.78, 5) is 11.3. The lowest BCUT2D eigenvalue weighted by atomic mass is 10.1. The van der Waals surface area contributed by atoms with Gasteiger partial charge in [0, 0.05) is 13.1 Å². The van der Waals surface area contributed by atoms with Gasteiger partial charge in [-0.25, -0.2) is 14.6 Å². The van der Waals surface area contributed by atoms with E-state index in [4.69, 9.17) is 4.74 Å². The lowest BCUT2D eigenvalue weighted by Gasteiger charge is -2.36. The molecule has 4 rings (SSSR count). The number of hydrogen-bond acceptors (Lipinski definition) is 5. The second-order valence-corrected chi connectivity index (χ2v) is 6.94. The second-order valence-electron chi connectivity index (χ2n) is 6.94. The van der Waals surface area contributed by atoms with Crippen LogP contribution in [0.5, 0.6) is 0 Å². The molecule has 130 valence electrons. The maximum atomic E-state index is 5.85. The minimum absolute atomic E-state index is 0.183. The quantitative estimate of drug-likeness (QED) is 0.719. The van der Waals surface area contributed by atoms with Gasteiger partial charge in [0.1, 0.15) is 12.1 Å². The lowest BCUT2D eigenvalue weighted by Crippen LogP contribution is -2.45. The third-order valence-electron chi connectivity index (χ3n) is 4.66. The van der Waals surface area contributed by atoms with Gasteiger partial charge in [0.25, 0.3) is 0 Å². The Kier molecular flexibility index (Phi) is 3.92. The van der Waals surface area contributed by atoms with Gasteiger partial charge < -0.3 is 9.64 Å².